The van der Waals surface area contributed by atoms with Gasteiger partial charge in [0.2, 0.25) is 0 Å². The van der Waals surface area contributed by atoms with Gasteiger partial charge in [-0.2, -0.15) is 0 Å². The molecule has 1 aromatic carbocycles. The summed E-state index contributed by atoms with van der Waals surface area (Å²) in [5.74, 6) is 0.768. The van der Waals surface area contributed by atoms with E-state index in [1.807, 2.05) is 0 Å². The number of carbonyl (C=O) groups is 2. The highest BCUT2D eigenvalue weighted by atomic mass is 16.5. The molecule has 1 fully saturated rings. The summed E-state index contributed by atoms with van der Waals surface area (Å²) >= 11 is 0. The van der Waals surface area contributed by atoms with Crippen molar-refractivity contribution in [2.75, 3.05) is 5.73 Å². The Kier molecular flexibility index (Phi) is 7.75. The van der Waals surface area contributed by atoms with Crippen molar-refractivity contribution in [1.29, 1.82) is 0 Å². The van der Waals surface area contributed by atoms with Crippen molar-refractivity contribution in [3.63, 3.8) is 0 Å². The number of nitrogens with two attached hydrogens (primary N) is 1. The van der Waals surface area contributed by atoms with Crippen LogP contribution in [0.15, 0.2) is 24.3 Å². The number of hydrogen-bond donors (Lipinski definition) is 2. The van der Waals surface area contributed by atoms with Gasteiger partial charge in [0.25, 0.3) is 0 Å². The Morgan fingerprint density at radius 2 is 1.88 bits per heavy atom. The van der Waals surface area contributed by atoms with Gasteiger partial charge in [-0.15, -0.1) is 0 Å². The first-order valence-corrected chi connectivity index (χ1v) is 8.47. The molecule has 1 aliphatic rings. The Bertz CT molecular complexity index is 556. The molecule has 1 aliphatic carbocycles. The lowest BCUT2D eigenvalue weighted by molar-refractivity contribution is -0.153. The van der Waals surface area contributed by atoms with Crippen molar-refractivity contribution in [2.45, 2.75) is 53.1 Å². The molecular formula is C19H29NO4. The number of carboxylic acid groups (broad SMARTS) is 1. The summed E-state index contributed by atoms with van der Waals surface area (Å²) in [6.07, 6.45) is 3.69. The van der Waals surface area contributed by atoms with E-state index in [-0.39, 0.29) is 17.6 Å². The van der Waals surface area contributed by atoms with Crippen molar-refractivity contribution in [2.24, 2.45) is 17.8 Å². The number of anilines is 1. The zero-order valence-corrected chi connectivity index (χ0v) is 15.0. The third-order valence-electron chi connectivity index (χ3n) is 4.47. The highest BCUT2D eigenvalue weighted by molar-refractivity contribution is 5.93. The van der Waals surface area contributed by atoms with Crippen molar-refractivity contribution in [1.82, 2.24) is 0 Å². The standard InChI is InChI=1S/C12H22O2.C7H7NO2/c1-8(2)11-6-5-9(3)7-12(11)14-10(4)13;8-6-4-2-1-3-5(6)7(9)10/h8-9,11-12H,5-7H2,1-4H3;1-4H,8H2,(H,9,10). The zero-order chi connectivity index (χ0) is 18.3. The van der Waals surface area contributed by atoms with Crippen molar-refractivity contribution >= 4 is 17.6 Å². The summed E-state index contributed by atoms with van der Waals surface area (Å²) in [5.41, 5.74) is 5.80. The van der Waals surface area contributed by atoms with Crippen molar-refractivity contribution in [3.05, 3.63) is 29.8 Å². The van der Waals surface area contributed by atoms with Gasteiger partial charge < -0.3 is 15.6 Å². The van der Waals surface area contributed by atoms with Crippen LogP contribution in [-0.4, -0.2) is 23.1 Å². The summed E-state index contributed by atoms with van der Waals surface area (Å²) in [7, 11) is 0. The Balaban J connectivity index is 0.000000254. The molecule has 24 heavy (non-hydrogen) atoms. The minimum absolute atomic E-state index is 0.130. The minimum Gasteiger partial charge on any atom is -0.478 e. The monoisotopic (exact) mass is 335 g/mol. The van der Waals surface area contributed by atoms with Crippen LogP contribution in [0.5, 0.6) is 0 Å². The molecular weight excluding hydrogens is 306 g/mol. The Morgan fingerprint density at radius 1 is 1.25 bits per heavy atom. The fraction of sp³-hybridized carbons (Fsp3) is 0.579. The molecule has 0 spiro atoms. The number of carboxylic acids is 1. The number of aromatic carboxylic acids is 1. The molecule has 3 unspecified atom stereocenters. The van der Waals surface area contributed by atoms with E-state index >= 15 is 0 Å². The van der Waals surface area contributed by atoms with Crippen LogP contribution in [0.3, 0.4) is 0 Å². The lowest BCUT2D eigenvalue weighted by atomic mass is 9.75. The molecule has 0 aliphatic heterocycles. The average Bonchev–Trinajstić information content (AvgIpc) is 2.47. The van der Waals surface area contributed by atoms with Crippen LogP contribution in [0.1, 0.15) is 57.3 Å². The quantitative estimate of drug-likeness (QED) is 0.644. The van der Waals surface area contributed by atoms with Crippen molar-refractivity contribution in [3.8, 4) is 0 Å². The second-order valence-corrected chi connectivity index (χ2v) is 6.87. The van der Waals surface area contributed by atoms with E-state index in [2.05, 4.69) is 20.8 Å². The fourth-order valence-electron chi connectivity index (χ4n) is 3.16. The van der Waals surface area contributed by atoms with E-state index in [9.17, 15) is 9.59 Å². The highest BCUT2D eigenvalue weighted by Gasteiger charge is 2.32. The number of rotatable bonds is 3. The maximum Gasteiger partial charge on any atom is 0.337 e. The summed E-state index contributed by atoms with van der Waals surface area (Å²) in [4.78, 5) is 21.3. The molecule has 3 N–H and O–H groups in total. The molecule has 0 radical (unpaired) electrons. The van der Waals surface area contributed by atoms with Gasteiger partial charge in [0, 0.05) is 12.6 Å². The maximum atomic E-state index is 11.0. The molecule has 134 valence electrons. The number of hydrogen-bond acceptors (Lipinski definition) is 4. The molecule has 5 heteroatoms. The fourth-order valence-corrected chi connectivity index (χ4v) is 3.16. The molecule has 1 saturated carbocycles. The van der Waals surface area contributed by atoms with Gasteiger partial charge in [-0.25, -0.2) is 4.79 Å². The largest absolute Gasteiger partial charge is 0.478 e. The topological polar surface area (TPSA) is 89.6 Å². The number of benzene rings is 1. The summed E-state index contributed by atoms with van der Waals surface area (Å²) in [6.45, 7) is 8.19. The molecule has 0 amide bonds. The first-order valence-electron chi connectivity index (χ1n) is 8.47. The van der Waals surface area contributed by atoms with Crippen LogP contribution in [0.2, 0.25) is 0 Å². The van der Waals surface area contributed by atoms with Gasteiger partial charge in [-0.1, -0.05) is 39.3 Å². The first kappa shape index (κ1) is 20.0. The van der Waals surface area contributed by atoms with Gasteiger partial charge in [0.1, 0.15) is 6.10 Å². The first-order chi connectivity index (χ1) is 11.2. The van der Waals surface area contributed by atoms with Crippen molar-refractivity contribution < 1.29 is 19.4 Å². The smallest absolute Gasteiger partial charge is 0.337 e. The third-order valence-corrected chi connectivity index (χ3v) is 4.47. The summed E-state index contributed by atoms with van der Waals surface area (Å²) < 4.78 is 5.40. The van der Waals surface area contributed by atoms with Gasteiger partial charge in [-0.3, -0.25) is 4.79 Å². The molecule has 0 bridgehead atoms. The van der Waals surface area contributed by atoms with Crippen LogP contribution in [0.4, 0.5) is 5.69 Å². The second kappa shape index (κ2) is 9.30. The van der Waals surface area contributed by atoms with Crippen LogP contribution < -0.4 is 5.73 Å². The molecule has 1 aromatic rings. The van der Waals surface area contributed by atoms with Gasteiger partial charge in [0.05, 0.1) is 5.56 Å². The molecule has 0 heterocycles. The predicted molar refractivity (Wildman–Crippen MR) is 94.7 cm³/mol. The lowest BCUT2D eigenvalue weighted by Crippen LogP contribution is -2.35. The molecule has 3 atom stereocenters. The molecule has 5 nitrogen and oxygen atoms in total. The molecule has 0 saturated heterocycles. The SMILES string of the molecule is CC(=O)OC1CC(C)CCC1C(C)C.Nc1ccccc1C(=O)O. The van der Waals surface area contributed by atoms with Crippen LogP contribution in [-0.2, 0) is 9.53 Å². The lowest BCUT2D eigenvalue weighted by Gasteiger charge is -2.36. The number of carbonyl (C=O) groups excluding carboxylic acids is 1. The van der Waals surface area contributed by atoms with E-state index in [0.29, 0.717) is 23.4 Å². The van der Waals surface area contributed by atoms with Gasteiger partial charge >= 0.3 is 11.9 Å². The third kappa shape index (κ3) is 6.22. The summed E-state index contributed by atoms with van der Waals surface area (Å²) in [5, 5.41) is 8.49. The second-order valence-electron chi connectivity index (χ2n) is 6.87. The number of nitrogen functional groups attached to an aromatic ring is 1. The number of para-hydroxylation sites is 1. The van der Waals surface area contributed by atoms with Crippen LogP contribution in [0.25, 0.3) is 0 Å². The number of esters is 1. The van der Waals surface area contributed by atoms with E-state index in [0.717, 1.165) is 6.42 Å². The Labute approximate surface area is 144 Å². The van der Waals surface area contributed by atoms with E-state index < -0.39 is 5.97 Å². The normalized spacial score (nSPS) is 23.1. The number of ether oxygens (including phenoxy) is 1. The Morgan fingerprint density at radius 3 is 2.33 bits per heavy atom. The van der Waals surface area contributed by atoms with Crippen LogP contribution >= 0.6 is 0 Å². The summed E-state index contributed by atoms with van der Waals surface area (Å²) in [6, 6.07) is 6.36. The maximum absolute atomic E-state index is 11.0. The zero-order valence-electron chi connectivity index (χ0n) is 15.0. The average molecular weight is 335 g/mol. The van der Waals surface area contributed by atoms with E-state index in [1.54, 1.807) is 18.2 Å². The Hall–Kier alpha value is -2.04. The molecule has 0 aromatic heterocycles. The molecule has 2 rings (SSSR count). The minimum atomic E-state index is -0.988. The van der Waals surface area contributed by atoms with E-state index in [4.69, 9.17) is 15.6 Å². The predicted octanol–water partition coefficient (Wildman–Crippen LogP) is 3.98. The van der Waals surface area contributed by atoms with Gasteiger partial charge in [0.15, 0.2) is 0 Å². The van der Waals surface area contributed by atoms with Crippen LogP contribution in [0, 0.1) is 17.8 Å². The highest BCUT2D eigenvalue weighted by Crippen LogP contribution is 2.35. The van der Waals surface area contributed by atoms with E-state index in [1.165, 1.54) is 25.8 Å². The van der Waals surface area contributed by atoms with Gasteiger partial charge in [-0.05, 0) is 42.7 Å².